The Hall–Kier alpha value is -1.36. The number of hydrogen-bond donors (Lipinski definition) is 0. The summed E-state index contributed by atoms with van der Waals surface area (Å²) in [6, 6.07) is 5.56. The van der Waals surface area contributed by atoms with Crippen molar-refractivity contribution >= 4 is 15.5 Å². The molecule has 0 saturated heterocycles. The molecule has 5 heteroatoms. The van der Waals surface area contributed by atoms with Gasteiger partial charge in [0.15, 0.2) is 11.7 Å². The number of imidazole rings is 1. The molecular formula is C8H9N2O2S+. The molecule has 0 bridgehead atoms. The van der Waals surface area contributed by atoms with E-state index in [1.807, 2.05) is 18.2 Å². The number of rotatable bonds is 1. The Balaban J connectivity index is 2.77. The zero-order valence-electron chi connectivity index (χ0n) is 7.08. The topological polar surface area (TPSA) is 42.4 Å². The molecule has 2 aromatic rings. The van der Waals surface area contributed by atoms with Gasteiger partial charge in [0.2, 0.25) is 0 Å². The van der Waals surface area contributed by atoms with Gasteiger partial charge in [-0.2, -0.15) is 8.42 Å². The predicted molar refractivity (Wildman–Crippen MR) is 47.8 cm³/mol. The van der Waals surface area contributed by atoms with Crippen LogP contribution in [-0.2, 0) is 10.0 Å². The number of hydrogen-bond acceptors (Lipinski definition) is 2. The molecule has 0 aliphatic rings. The minimum atomic E-state index is -3.17. The fourth-order valence-corrected chi connectivity index (χ4v) is 1.72. The van der Waals surface area contributed by atoms with Crippen molar-refractivity contribution in [2.24, 2.45) is 0 Å². The molecule has 0 spiro atoms. The van der Waals surface area contributed by atoms with Crippen molar-refractivity contribution in [2.75, 3.05) is 6.26 Å². The maximum Gasteiger partial charge on any atom is 0.302 e. The molecule has 0 fully saturated rings. The number of fused-ring (bicyclic) bond motifs is 1. The molecule has 0 aliphatic carbocycles. The highest BCUT2D eigenvalue weighted by Crippen LogP contribution is 1.99. The monoisotopic (exact) mass is 197 g/mol. The maximum absolute atomic E-state index is 11.2. The molecule has 13 heavy (non-hydrogen) atoms. The van der Waals surface area contributed by atoms with Crippen molar-refractivity contribution in [3.05, 3.63) is 36.9 Å². The molecule has 2 heterocycles. The highest BCUT2D eigenvalue weighted by Gasteiger charge is 2.13. The van der Waals surface area contributed by atoms with E-state index in [4.69, 9.17) is 0 Å². The van der Waals surface area contributed by atoms with Crippen LogP contribution in [0, 0.1) is 0 Å². The van der Waals surface area contributed by atoms with Gasteiger partial charge >= 0.3 is 10.0 Å². The van der Waals surface area contributed by atoms with Gasteiger partial charge in [0.1, 0.15) is 0 Å². The minimum absolute atomic E-state index is 0.855. The van der Waals surface area contributed by atoms with E-state index in [1.54, 1.807) is 16.8 Å². The van der Waals surface area contributed by atoms with Crippen molar-refractivity contribution in [3.8, 4) is 0 Å². The van der Waals surface area contributed by atoms with Crippen LogP contribution < -0.4 is 3.97 Å². The fourth-order valence-electron chi connectivity index (χ4n) is 1.15. The highest BCUT2D eigenvalue weighted by atomic mass is 32.2. The second kappa shape index (κ2) is 2.56. The first kappa shape index (κ1) is 8.25. The molecule has 0 saturated carbocycles. The maximum atomic E-state index is 11.2. The van der Waals surface area contributed by atoms with E-state index in [9.17, 15) is 8.42 Å². The van der Waals surface area contributed by atoms with Gasteiger partial charge in [0.25, 0.3) is 6.33 Å². The summed E-state index contributed by atoms with van der Waals surface area (Å²) in [4.78, 5) is 0. The van der Waals surface area contributed by atoms with Gasteiger partial charge in [0.05, 0.1) is 12.5 Å². The van der Waals surface area contributed by atoms with Gasteiger partial charge in [-0.05, 0) is 12.1 Å². The van der Waals surface area contributed by atoms with Crippen LogP contribution in [0.5, 0.6) is 0 Å². The predicted octanol–water partition coefficient (Wildman–Crippen LogP) is 0.0345. The van der Waals surface area contributed by atoms with Crippen molar-refractivity contribution in [2.45, 2.75) is 0 Å². The van der Waals surface area contributed by atoms with Crippen molar-refractivity contribution in [1.82, 2.24) is 4.40 Å². The largest absolute Gasteiger partial charge is 0.302 e. The molecule has 2 aromatic heterocycles. The fraction of sp³-hybridized carbons (Fsp3) is 0.125. The average molecular weight is 197 g/mol. The van der Waals surface area contributed by atoms with E-state index in [-0.39, 0.29) is 0 Å². The quantitative estimate of drug-likeness (QED) is 0.605. The van der Waals surface area contributed by atoms with Crippen LogP contribution in [0.1, 0.15) is 0 Å². The van der Waals surface area contributed by atoms with Gasteiger partial charge in [-0.1, -0.05) is 6.07 Å². The lowest BCUT2D eigenvalue weighted by Crippen LogP contribution is -2.39. The summed E-state index contributed by atoms with van der Waals surface area (Å²) < 4.78 is 25.3. The van der Waals surface area contributed by atoms with Gasteiger partial charge < -0.3 is 0 Å². The van der Waals surface area contributed by atoms with E-state index in [2.05, 4.69) is 0 Å². The molecule has 0 N–H and O–H groups in total. The van der Waals surface area contributed by atoms with Crippen LogP contribution >= 0.6 is 0 Å². The zero-order valence-corrected chi connectivity index (χ0v) is 7.90. The first-order chi connectivity index (χ1) is 6.07. The first-order valence-electron chi connectivity index (χ1n) is 3.76. The standard InChI is InChI=1S/C8H9N2O2S/c1-13(11,12)10-6-8-4-2-3-5-9(8)7-10/h2-7H,1H3/q+1. The van der Waals surface area contributed by atoms with Crippen LogP contribution in [-0.4, -0.2) is 19.1 Å². The molecule has 0 unspecified atom stereocenters. The van der Waals surface area contributed by atoms with Crippen molar-refractivity contribution in [1.29, 1.82) is 0 Å². The molecule has 68 valence electrons. The van der Waals surface area contributed by atoms with Gasteiger partial charge in [0, 0.05) is 0 Å². The molecule has 4 nitrogen and oxygen atoms in total. The number of aromatic nitrogens is 2. The van der Waals surface area contributed by atoms with E-state index in [0.717, 1.165) is 5.52 Å². The number of pyridine rings is 1. The van der Waals surface area contributed by atoms with Gasteiger partial charge in [-0.25, -0.2) is 4.40 Å². The van der Waals surface area contributed by atoms with E-state index in [1.165, 1.54) is 16.6 Å². The lowest BCUT2D eigenvalue weighted by Gasteiger charge is -1.85. The molecule has 0 aliphatic heterocycles. The van der Waals surface area contributed by atoms with E-state index < -0.39 is 10.0 Å². The minimum Gasteiger partial charge on any atom is -0.201 e. The third-order valence-electron chi connectivity index (χ3n) is 1.80. The molecule has 0 amide bonds. The van der Waals surface area contributed by atoms with Crippen molar-refractivity contribution in [3.63, 3.8) is 0 Å². The molecule has 0 atom stereocenters. The molecule has 0 aromatic carbocycles. The van der Waals surface area contributed by atoms with Crippen LogP contribution in [0.25, 0.3) is 5.52 Å². The molecular weight excluding hydrogens is 188 g/mol. The van der Waals surface area contributed by atoms with Gasteiger partial charge in [-0.3, -0.25) is 0 Å². The Labute approximate surface area is 76.1 Å². The van der Waals surface area contributed by atoms with E-state index in [0.29, 0.717) is 0 Å². The summed E-state index contributed by atoms with van der Waals surface area (Å²) in [5.74, 6) is 0. The van der Waals surface area contributed by atoms with Crippen LogP contribution in [0.2, 0.25) is 0 Å². The summed E-state index contributed by atoms with van der Waals surface area (Å²) >= 11 is 0. The summed E-state index contributed by atoms with van der Waals surface area (Å²) in [5, 5.41) is 0. The lowest BCUT2D eigenvalue weighted by atomic mass is 10.4. The Morgan fingerprint density at radius 3 is 2.77 bits per heavy atom. The highest BCUT2D eigenvalue weighted by molar-refractivity contribution is 7.84. The Morgan fingerprint density at radius 2 is 2.15 bits per heavy atom. The van der Waals surface area contributed by atoms with Crippen molar-refractivity contribution < 1.29 is 12.4 Å². The molecule has 0 radical (unpaired) electrons. The third kappa shape index (κ3) is 1.42. The van der Waals surface area contributed by atoms with Gasteiger partial charge in [-0.15, -0.1) is 3.97 Å². The first-order valence-corrected chi connectivity index (χ1v) is 5.61. The summed E-state index contributed by atoms with van der Waals surface area (Å²) in [6.07, 6.45) is 6.09. The second-order valence-electron chi connectivity index (χ2n) is 2.87. The Kier molecular flexibility index (Phi) is 1.63. The van der Waals surface area contributed by atoms with E-state index >= 15 is 0 Å². The normalized spacial score (nSPS) is 12.1. The summed E-state index contributed by atoms with van der Waals surface area (Å²) in [5.41, 5.74) is 0.855. The lowest BCUT2D eigenvalue weighted by molar-refractivity contribution is -0.508. The van der Waals surface area contributed by atoms with Crippen LogP contribution in [0.3, 0.4) is 0 Å². The SMILES string of the molecule is CS(=O)(=O)[n+]1cc2ccccn2c1. The second-order valence-corrected chi connectivity index (χ2v) is 4.76. The number of nitrogens with zero attached hydrogens (tertiary/aromatic N) is 2. The zero-order chi connectivity index (χ0) is 9.47. The third-order valence-corrected chi connectivity index (χ3v) is 2.77. The van der Waals surface area contributed by atoms with Crippen LogP contribution in [0.4, 0.5) is 0 Å². The Bertz CT molecular complexity index is 509. The molecule has 2 rings (SSSR count). The average Bonchev–Trinajstić information content (AvgIpc) is 2.45. The Morgan fingerprint density at radius 1 is 1.38 bits per heavy atom. The smallest absolute Gasteiger partial charge is 0.201 e. The van der Waals surface area contributed by atoms with Crippen LogP contribution in [0.15, 0.2) is 36.9 Å². The summed E-state index contributed by atoms with van der Waals surface area (Å²) in [7, 11) is -3.17. The summed E-state index contributed by atoms with van der Waals surface area (Å²) in [6.45, 7) is 0.